The van der Waals surface area contributed by atoms with Crippen molar-refractivity contribution in [3.63, 3.8) is 0 Å². The average molecular weight is 542 g/mol. The molecule has 0 atom stereocenters. The Morgan fingerprint density at radius 3 is 1.55 bits per heavy atom. The highest BCUT2D eigenvalue weighted by Crippen LogP contribution is 2.38. The second kappa shape index (κ2) is 13.2. The Hall–Kier alpha value is -4.33. The Morgan fingerprint density at radius 1 is 0.625 bits per heavy atom. The zero-order valence-corrected chi connectivity index (χ0v) is 23.5. The van der Waals surface area contributed by atoms with Crippen LogP contribution in [0.5, 0.6) is 17.2 Å². The van der Waals surface area contributed by atoms with Gasteiger partial charge in [0.15, 0.2) is 11.5 Å². The van der Waals surface area contributed by atoms with E-state index in [9.17, 15) is 4.79 Å². The van der Waals surface area contributed by atoms with Gasteiger partial charge in [0.1, 0.15) is 0 Å². The highest BCUT2D eigenvalue weighted by molar-refractivity contribution is 5.79. The van der Waals surface area contributed by atoms with E-state index in [0.29, 0.717) is 29.2 Å². The van der Waals surface area contributed by atoms with Crippen LogP contribution in [0.15, 0.2) is 91.0 Å². The number of ether oxygens (including phenoxy) is 5. The SMILES string of the molecule is COc1cc(CC(=O)NC(Cc2ccc(-c3ccc(-c4ccccc4)cc3)cc2)(OC)OC)cc(OC)c1OC. The van der Waals surface area contributed by atoms with Crippen LogP contribution in [0.3, 0.4) is 0 Å². The van der Waals surface area contributed by atoms with E-state index in [4.69, 9.17) is 23.7 Å². The largest absolute Gasteiger partial charge is 0.493 e. The molecule has 0 radical (unpaired) electrons. The fourth-order valence-electron chi connectivity index (χ4n) is 4.62. The maximum Gasteiger partial charge on any atom is 0.255 e. The molecule has 0 fully saturated rings. The van der Waals surface area contributed by atoms with Gasteiger partial charge in [-0.25, -0.2) is 0 Å². The van der Waals surface area contributed by atoms with Gasteiger partial charge >= 0.3 is 0 Å². The summed E-state index contributed by atoms with van der Waals surface area (Å²) in [6, 6.07) is 30.4. The van der Waals surface area contributed by atoms with E-state index in [2.05, 4.69) is 53.8 Å². The van der Waals surface area contributed by atoms with Gasteiger partial charge in [0.05, 0.1) is 27.8 Å². The predicted molar refractivity (Wildman–Crippen MR) is 156 cm³/mol. The molecule has 0 heterocycles. The summed E-state index contributed by atoms with van der Waals surface area (Å²) in [7, 11) is 7.62. The Labute approximate surface area is 235 Å². The van der Waals surface area contributed by atoms with E-state index in [1.54, 1.807) is 12.1 Å². The van der Waals surface area contributed by atoms with Crippen LogP contribution in [0.1, 0.15) is 11.1 Å². The van der Waals surface area contributed by atoms with Gasteiger partial charge in [-0.2, -0.15) is 0 Å². The molecule has 7 heteroatoms. The van der Waals surface area contributed by atoms with Crippen molar-refractivity contribution in [1.82, 2.24) is 5.32 Å². The number of rotatable bonds is 12. The molecule has 40 heavy (non-hydrogen) atoms. The molecule has 0 saturated heterocycles. The molecular formula is C33H35NO6. The monoisotopic (exact) mass is 541 g/mol. The standard InChI is InChI=1S/C33H35NO6/c1-36-29-19-24(20-30(37-2)32(29)38-3)21-31(35)34-33(39-4,40-5)22-23-11-13-26(14-12-23)28-17-15-27(16-18-28)25-9-7-6-8-10-25/h6-20H,21-22H2,1-5H3,(H,34,35). The van der Waals surface area contributed by atoms with Gasteiger partial charge in [-0.05, 0) is 45.5 Å². The number of benzene rings is 4. The third kappa shape index (κ3) is 6.62. The van der Waals surface area contributed by atoms with E-state index < -0.39 is 5.91 Å². The van der Waals surface area contributed by atoms with Gasteiger partial charge < -0.3 is 29.0 Å². The van der Waals surface area contributed by atoms with Crippen molar-refractivity contribution in [2.24, 2.45) is 0 Å². The van der Waals surface area contributed by atoms with Crippen molar-refractivity contribution >= 4 is 5.91 Å². The molecule has 0 unspecified atom stereocenters. The molecule has 4 aromatic carbocycles. The van der Waals surface area contributed by atoms with Gasteiger partial charge in [-0.3, -0.25) is 4.79 Å². The minimum atomic E-state index is -1.34. The van der Waals surface area contributed by atoms with Crippen LogP contribution < -0.4 is 19.5 Å². The second-order valence-electron chi connectivity index (χ2n) is 9.24. The van der Waals surface area contributed by atoms with Crippen LogP contribution in [0, 0.1) is 0 Å². The molecule has 0 aliphatic heterocycles. The van der Waals surface area contributed by atoms with Crippen molar-refractivity contribution < 1.29 is 28.5 Å². The average Bonchev–Trinajstić information content (AvgIpc) is 3.01. The summed E-state index contributed by atoms with van der Waals surface area (Å²) < 4.78 is 27.5. The van der Waals surface area contributed by atoms with Crippen LogP contribution in [-0.4, -0.2) is 47.4 Å². The third-order valence-corrected chi connectivity index (χ3v) is 6.79. The molecule has 0 saturated carbocycles. The first-order valence-electron chi connectivity index (χ1n) is 12.9. The lowest BCUT2D eigenvalue weighted by molar-refractivity contribution is -0.225. The molecule has 208 valence electrons. The molecular weight excluding hydrogens is 506 g/mol. The van der Waals surface area contributed by atoms with E-state index in [1.807, 2.05) is 30.3 Å². The maximum absolute atomic E-state index is 13.1. The van der Waals surface area contributed by atoms with E-state index in [0.717, 1.165) is 16.7 Å². The van der Waals surface area contributed by atoms with Crippen LogP contribution >= 0.6 is 0 Å². The molecule has 7 nitrogen and oxygen atoms in total. The minimum Gasteiger partial charge on any atom is -0.493 e. The molecule has 0 bridgehead atoms. The summed E-state index contributed by atoms with van der Waals surface area (Å²) in [6.07, 6.45) is 0.372. The molecule has 0 aliphatic rings. The zero-order chi connectivity index (χ0) is 28.5. The van der Waals surface area contributed by atoms with Crippen LogP contribution in [0.25, 0.3) is 22.3 Å². The smallest absolute Gasteiger partial charge is 0.255 e. The normalized spacial score (nSPS) is 11.1. The highest BCUT2D eigenvalue weighted by Gasteiger charge is 2.32. The Bertz CT molecular complexity index is 1370. The first kappa shape index (κ1) is 28.7. The second-order valence-corrected chi connectivity index (χ2v) is 9.24. The Morgan fingerprint density at radius 2 is 1.10 bits per heavy atom. The number of hydrogen-bond acceptors (Lipinski definition) is 6. The lowest BCUT2D eigenvalue weighted by Crippen LogP contribution is -2.53. The summed E-state index contributed by atoms with van der Waals surface area (Å²) in [6.45, 7) is 0. The summed E-state index contributed by atoms with van der Waals surface area (Å²) in [5.41, 5.74) is 6.21. The van der Waals surface area contributed by atoms with Crippen molar-refractivity contribution in [3.8, 4) is 39.5 Å². The van der Waals surface area contributed by atoms with Gasteiger partial charge in [0.2, 0.25) is 11.7 Å². The summed E-state index contributed by atoms with van der Waals surface area (Å²) >= 11 is 0. The molecule has 4 rings (SSSR count). The Balaban J connectivity index is 1.45. The van der Waals surface area contributed by atoms with Gasteiger partial charge in [0, 0.05) is 20.6 Å². The number of nitrogens with one attached hydrogen (secondary N) is 1. The molecule has 0 aliphatic carbocycles. The molecule has 1 N–H and O–H groups in total. The predicted octanol–water partition coefficient (Wildman–Crippen LogP) is 5.89. The molecule has 4 aromatic rings. The fourth-order valence-corrected chi connectivity index (χ4v) is 4.62. The molecule has 1 amide bonds. The van der Waals surface area contributed by atoms with E-state index >= 15 is 0 Å². The number of methoxy groups -OCH3 is 5. The fraction of sp³-hybridized carbons (Fsp3) is 0.242. The number of carbonyl (C=O) groups is 1. The van der Waals surface area contributed by atoms with E-state index in [-0.39, 0.29) is 12.3 Å². The quantitative estimate of drug-likeness (QED) is 0.225. The maximum atomic E-state index is 13.1. The topological polar surface area (TPSA) is 75.3 Å². The lowest BCUT2D eigenvalue weighted by Gasteiger charge is -2.31. The summed E-state index contributed by atoms with van der Waals surface area (Å²) in [5, 5.41) is 2.90. The van der Waals surface area contributed by atoms with Crippen LogP contribution in [-0.2, 0) is 27.1 Å². The number of hydrogen-bond donors (Lipinski definition) is 1. The van der Waals surface area contributed by atoms with Crippen molar-refractivity contribution in [2.75, 3.05) is 35.5 Å². The van der Waals surface area contributed by atoms with Gasteiger partial charge in [-0.1, -0.05) is 78.9 Å². The van der Waals surface area contributed by atoms with Gasteiger partial charge in [-0.15, -0.1) is 0 Å². The van der Waals surface area contributed by atoms with Crippen LogP contribution in [0.2, 0.25) is 0 Å². The lowest BCUT2D eigenvalue weighted by atomic mass is 9.99. The molecule has 0 spiro atoms. The van der Waals surface area contributed by atoms with Crippen LogP contribution in [0.4, 0.5) is 0 Å². The Kier molecular flexibility index (Phi) is 9.43. The zero-order valence-electron chi connectivity index (χ0n) is 23.5. The first-order chi connectivity index (χ1) is 19.4. The van der Waals surface area contributed by atoms with Crippen molar-refractivity contribution in [1.29, 1.82) is 0 Å². The van der Waals surface area contributed by atoms with Gasteiger partial charge in [0.25, 0.3) is 5.91 Å². The highest BCUT2D eigenvalue weighted by atomic mass is 16.7. The van der Waals surface area contributed by atoms with E-state index in [1.165, 1.54) is 46.7 Å². The number of carbonyl (C=O) groups excluding carboxylic acids is 1. The van der Waals surface area contributed by atoms with Crippen molar-refractivity contribution in [3.05, 3.63) is 102 Å². The number of amides is 1. The summed E-state index contributed by atoms with van der Waals surface area (Å²) in [5.74, 6) is -0.203. The van der Waals surface area contributed by atoms with Crippen molar-refractivity contribution in [2.45, 2.75) is 18.8 Å². The molecule has 0 aromatic heterocycles. The third-order valence-electron chi connectivity index (χ3n) is 6.79. The summed E-state index contributed by atoms with van der Waals surface area (Å²) in [4.78, 5) is 13.1. The first-order valence-corrected chi connectivity index (χ1v) is 12.9. The minimum absolute atomic E-state index is 0.0586.